The molecule has 0 aliphatic rings. The molecule has 0 radical (unpaired) electrons. The summed E-state index contributed by atoms with van der Waals surface area (Å²) in [6.45, 7) is 3.81. The molecule has 98 valence electrons. The first-order chi connectivity index (χ1) is 8.31. The fourth-order valence-corrected chi connectivity index (χ4v) is 1.98. The normalized spacial score (nSPS) is 13.9. The number of hydrogen-bond acceptors (Lipinski definition) is 3. The number of carboxylic acids is 2. The zero-order chi connectivity index (χ0) is 13.9. The summed E-state index contributed by atoms with van der Waals surface area (Å²) >= 11 is 0. The molecule has 0 unspecified atom stereocenters. The molecular formula is C13H17NO4. The summed E-state index contributed by atoms with van der Waals surface area (Å²) in [5.74, 6) is -3.61. The highest BCUT2D eigenvalue weighted by molar-refractivity contribution is 5.82. The van der Waals surface area contributed by atoms with Gasteiger partial charge in [0.1, 0.15) is 6.04 Å². The van der Waals surface area contributed by atoms with Crippen LogP contribution in [0, 0.1) is 19.8 Å². The lowest BCUT2D eigenvalue weighted by Gasteiger charge is -2.17. The van der Waals surface area contributed by atoms with Crippen molar-refractivity contribution in [1.82, 2.24) is 0 Å². The van der Waals surface area contributed by atoms with E-state index in [4.69, 9.17) is 15.9 Å². The number of hydrogen-bond donors (Lipinski definition) is 3. The first-order valence-electron chi connectivity index (χ1n) is 5.59. The fourth-order valence-electron chi connectivity index (χ4n) is 1.98. The Morgan fingerprint density at radius 1 is 1.11 bits per heavy atom. The maximum absolute atomic E-state index is 11.1. The van der Waals surface area contributed by atoms with Crippen LogP contribution in [0.15, 0.2) is 18.2 Å². The van der Waals surface area contributed by atoms with E-state index in [2.05, 4.69) is 0 Å². The third-order valence-corrected chi connectivity index (χ3v) is 2.77. The monoisotopic (exact) mass is 251 g/mol. The van der Waals surface area contributed by atoms with Crippen molar-refractivity contribution < 1.29 is 19.8 Å². The molecule has 5 nitrogen and oxygen atoms in total. The van der Waals surface area contributed by atoms with E-state index in [-0.39, 0.29) is 6.42 Å². The second-order valence-corrected chi connectivity index (χ2v) is 4.51. The van der Waals surface area contributed by atoms with Gasteiger partial charge in [-0.25, -0.2) is 0 Å². The SMILES string of the molecule is Cc1cc(C)cc(C[C@H](C(=O)O)[C@H](N)C(=O)O)c1. The molecular weight excluding hydrogens is 234 g/mol. The van der Waals surface area contributed by atoms with Gasteiger partial charge in [-0.3, -0.25) is 9.59 Å². The number of aryl methyl sites for hydroxylation is 2. The lowest BCUT2D eigenvalue weighted by molar-refractivity contribution is -0.149. The molecule has 0 fully saturated rings. The summed E-state index contributed by atoms with van der Waals surface area (Å²) in [7, 11) is 0. The highest BCUT2D eigenvalue weighted by Crippen LogP contribution is 2.16. The minimum absolute atomic E-state index is 0.116. The van der Waals surface area contributed by atoms with E-state index in [1.807, 2.05) is 32.0 Å². The molecule has 0 spiro atoms. The Bertz CT molecular complexity index is 450. The van der Waals surface area contributed by atoms with Crippen LogP contribution in [-0.2, 0) is 16.0 Å². The zero-order valence-corrected chi connectivity index (χ0v) is 10.4. The molecule has 0 bridgehead atoms. The van der Waals surface area contributed by atoms with Gasteiger partial charge in [0.05, 0.1) is 5.92 Å². The van der Waals surface area contributed by atoms with Crippen molar-refractivity contribution in [2.45, 2.75) is 26.3 Å². The van der Waals surface area contributed by atoms with Gasteiger partial charge < -0.3 is 15.9 Å². The number of aliphatic carboxylic acids is 2. The van der Waals surface area contributed by atoms with E-state index in [9.17, 15) is 9.59 Å². The predicted octanol–water partition coefficient (Wildman–Crippen LogP) is 0.959. The molecule has 2 atom stereocenters. The van der Waals surface area contributed by atoms with Crippen LogP contribution < -0.4 is 5.73 Å². The van der Waals surface area contributed by atoms with Crippen LogP contribution in [0.1, 0.15) is 16.7 Å². The van der Waals surface area contributed by atoms with Gasteiger partial charge in [-0.1, -0.05) is 29.3 Å². The van der Waals surface area contributed by atoms with Crippen molar-refractivity contribution in [3.8, 4) is 0 Å². The summed E-state index contributed by atoms with van der Waals surface area (Å²) in [5, 5.41) is 17.8. The third-order valence-electron chi connectivity index (χ3n) is 2.77. The van der Waals surface area contributed by atoms with Gasteiger partial charge in [-0.05, 0) is 25.8 Å². The number of benzene rings is 1. The lowest BCUT2D eigenvalue weighted by atomic mass is 9.91. The number of nitrogens with two attached hydrogens (primary N) is 1. The maximum atomic E-state index is 11.1. The molecule has 5 heteroatoms. The van der Waals surface area contributed by atoms with Crippen LogP contribution >= 0.6 is 0 Å². The van der Waals surface area contributed by atoms with Crippen LogP contribution in [-0.4, -0.2) is 28.2 Å². The van der Waals surface area contributed by atoms with Crippen LogP contribution in [0.3, 0.4) is 0 Å². The average Bonchev–Trinajstić information content (AvgIpc) is 2.23. The molecule has 1 rings (SSSR count). The molecule has 1 aromatic rings. The summed E-state index contributed by atoms with van der Waals surface area (Å²) in [6.07, 6.45) is 0.116. The highest BCUT2D eigenvalue weighted by Gasteiger charge is 2.30. The van der Waals surface area contributed by atoms with Gasteiger partial charge >= 0.3 is 11.9 Å². The molecule has 0 aliphatic carbocycles. The fraction of sp³-hybridized carbons (Fsp3) is 0.385. The Balaban J connectivity index is 2.96. The molecule has 0 aromatic heterocycles. The van der Waals surface area contributed by atoms with Gasteiger partial charge in [0.2, 0.25) is 0 Å². The maximum Gasteiger partial charge on any atom is 0.321 e. The second-order valence-electron chi connectivity index (χ2n) is 4.51. The van der Waals surface area contributed by atoms with Crippen molar-refractivity contribution >= 4 is 11.9 Å². The largest absolute Gasteiger partial charge is 0.481 e. The molecule has 0 saturated heterocycles. The Morgan fingerprint density at radius 2 is 1.61 bits per heavy atom. The van der Waals surface area contributed by atoms with Crippen LogP contribution in [0.2, 0.25) is 0 Å². The van der Waals surface area contributed by atoms with Gasteiger partial charge in [0.25, 0.3) is 0 Å². The molecule has 1 aromatic carbocycles. The molecule has 18 heavy (non-hydrogen) atoms. The number of rotatable bonds is 5. The molecule has 0 aliphatic heterocycles. The first kappa shape index (κ1) is 14.2. The smallest absolute Gasteiger partial charge is 0.321 e. The van der Waals surface area contributed by atoms with Gasteiger partial charge in [0.15, 0.2) is 0 Å². The minimum Gasteiger partial charge on any atom is -0.481 e. The van der Waals surface area contributed by atoms with E-state index >= 15 is 0 Å². The Hall–Kier alpha value is -1.88. The van der Waals surface area contributed by atoms with Crippen molar-refractivity contribution in [3.05, 3.63) is 34.9 Å². The van der Waals surface area contributed by atoms with E-state index in [0.29, 0.717) is 0 Å². The second kappa shape index (κ2) is 5.64. The van der Waals surface area contributed by atoms with Crippen molar-refractivity contribution in [2.24, 2.45) is 11.7 Å². The number of carbonyl (C=O) groups is 2. The highest BCUT2D eigenvalue weighted by atomic mass is 16.4. The number of carboxylic acid groups (broad SMARTS) is 2. The van der Waals surface area contributed by atoms with Gasteiger partial charge in [-0.2, -0.15) is 0 Å². The summed E-state index contributed by atoms with van der Waals surface area (Å²) in [4.78, 5) is 21.9. The summed E-state index contributed by atoms with van der Waals surface area (Å²) < 4.78 is 0. The predicted molar refractivity (Wildman–Crippen MR) is 66.4 cm³/mol. The minimum atomic E-state index is -1.40. The van der Waals surface area contributed by atoms with Crippen LogP contribution in [0.5, 0.6) is 0 Å². The zero-order valence-electron chi connectivity index (χ0n) is 10.4. The summed E-state index contributed by atoms with van der Waals surface area (Å²) in [6, 6.07) is 4.26. The topological polar surface area (TPSA) is 101 Å². The summed E-state index contributed by atoms with van der Waals surface area (Å²) in [5.41, 5.74) is 8.22. The standard InChI is InChI=1S/C13H17NO4/c1-7-3-8(2)5-9(4-7)6-10(12(15)16)11(14)13(17)18/h3-5,10-11H,6,14H2,1-2H3,(H,15,16)(H,17,18)/t10-,11-/m0/s1. The average molecular weight is 251 g/mol. The molecule has 0 heterocycles. The van der Waals surface area contributed by atoms with Crippen molar-refractivity contribution in [3.63, 3.8) is 0 Å². The Kier molecular flexibility index (Phi) is 4.44. The van der Waals surface area contributed by atoms with Gasteiger partial charge in [0, 0.05) is 0 Å². The van der Waals surface area contributed by atoms with E-state index < -0.39 is 23.9 Å². The first-order valence-corrected chi connectivity index (χ1v) is 5.59. The van der Waals surface area contributed by atoms with E-state index in [0.717, 1.165) is 16.7 Å². The Labute approximate surface area is 105 Å². The molecule has 0 saturated carbocycles. The molecule has 4 N–H and O–H groups in total. The Morgan fingerprint density at radius 3 is 2.00 bits per heavy atom. The van der Waals surface area contributed by atoms with E-state index in [1.54, 1.807) is 0 Å². The van der Waals surface area contributed by atoms with Crippen LogP contribution in [0.25, 0.3) is 0 Å². The van der Waals surface area contributed by atoms with Crippen molar-refractivity contribution in [2.75, 3.05) is 0 Å². The van der Waals surface area contributed by atoms with Gasteiger partial charge in [-0.15, -0.1) is 0 Å². The molecule has 0 amide bonds. The van der Waals surface area contributed by atoms with Crippen molar-refractivity contribution in [1.29, 1.82) is 0 Å². The lowest BCUT2D eigenvalue weighted by Crippen LogP contribution is -2.43. The van der Waals surface area contributed by atoms with Crippen LogP contribution in [0.4, 0.5) is 0 Å². The third kappa shape index (κ3) is 3.56. The van der Waals surface area contributed by atoms with E-state index in [1.165, 1.54) is 0 Å². The quantitative estimate of drug-likeness (QED) is 0.723.